The fourth-order valence-corrected chi connectivity index (χ4v) is 1.72. The van der Waals surface area contributed by atoms with Gasteiger partial charge in [0.2, 0.25) is 0 Å². The summed E-state index contributed by atoms with van der Waals surface area (Å²) < 4.78 is 4.35. The Balaban J connectivity index is 3.20. The van der Waals surface area contributed by atoms with Crippen molar-refractivity contribution in [3.63, 3.8) is 0 Å². The van der Waals surface area contributed by atoms with Crippen molar-refractivity contribution < 1.29 is 24.5 Å². The predicted octanol–water partition coefficient (Wildman–Crippen LogP) is 0.293. The first-order chi connectivity index (χ1) is 9.46. The fraction of sp³-hybridized carbons (Fsp3) is 0.308. The zero-order valence-corrected chi connectivity index (χ0v) is 10.7. The van der Waals surface area contributed by atoms with E-state index >= 15 is 0 Å². The molecule has 0 radical (unpaired) electrons. The Morgan fingerprint density at radius 1 is 1.45 bits per heavy atom. The third kappa shape index (κ3) is 3.24. The largest absolute Gasteiger partial charge is 0.479 e. The van der Waals surface area contributed by atoms with Crippen LogP contribution in [0.2, 0.25) is 0 Å². The normalized spacial score (nSPS) is 14.4. The van der Waals surface area contributed by atoms with Crippen LogP contribution in [-0.4, -0.2) is 41.0 Å². The summed E-state index contributed by atoms with van der Waals surface area (Å²) in [7, 11) is 1.06. The maximum atomic E-state index is 11.5. The average Bonchev–Trinajstić information content (AvgIpc) is 2.46. The zero-order valence-electron chi connectivity index (χ0n) is 10.7. The molecule has 1 rings (SSSR count). The number of aliphatic hydroxyl groups is 1. The van der Waals surface area contributed by atoms with Gasteiger partial charge in [-0.1, -0.05) is 30.3 Å². The molecule has 7 nitrogen and oxygen atoms in total. The Morgan fingerprint density at radius 3 is 2.50 bits per heavy atom. The summed E-state index contributed by atoms with van der Waals surface area (Å²) in [5, 5.41) is 30.0. The van der Waals surface area contributed by atoms with E-state index < -0.39 is 23.7 Å². The number of rotatable bonds is 5. The SMILES string of the molecule is COC(=O)N[C@](Cc1ccccc1)(C(=O)O)C(O)C#N. The number of carboxylic acid groups (broad SMARTS) is 1. The number of nitrogens with one attached hydrogen (secondary N) is 1. The molecule has 0 saturated carbocycles. The number of methoxy groups -OCH3 is 1. The number of hydrogen-bond donors (Lipinski definition) is 3. The number of aliphatic carboxylic acids is 1. The molecule has 1 unspecified atom stereocenters. The van der Waals surface area contributed by atoms with E-state index in [2.05, 4.69) is 4.74 Å². The first kappa shape index (κ1) is 15.5. The molecule has 0 bridgehead atoms. The zero-order chi connectivity index (χ0) is 15.2. The van der Waals surface area contributed by atoms with Gasteiger partial charge in [0.1, 0.15) is 0 Å². The number of benzene rings is 1. The van der Waals surface area contributed by atoms with Crippen LogP contribution in [0.25, 0.3) is 0 Å². The lowest BCUT2D eigenvalue weighted by molar-refractivity contribution is -0.148. The summed E-state index contributed by atoms with van der Waals surface area (Å²) in [6.45, 7) is 0. The second-order valence-corrected chi connectivity index (χ2v) is 4.09. The maximum absolute atomic E-state index is 11.5. The standard InChI is InChI=1S/C13H14N2O5/c1-20-12(19)15-13(11(17)18,10(16)8-14)7-9-5-3-2-4-6-9/h2-6,10,16H,7H2,1H3,(H,15,19)(H,17,18)/t10?,13-/m0/s1. The number of nitriles is 1. The van der Waals surface area contributed by atoms with Crippen molar-refractivity contribution >= 4 is 12.1 Å². The molecule has 7 heteroatoms. The highest BCUT2D eigenvalue weighted by atomic mass is 16.5. The Kier molecular flexibility index (Phi) is 5.06. The highest BCUT2D eigenvalue weighted by molar-refractivity contribution is 5.86. The molecule has 0 aliphatic carbocycles. The van der Waals surface area contributed by atoms with Crippen molar-refractivity contribution in [2.75, 3.05) is 7.11 Å². The summed E-state index contributed by atoms with van der Waals surface area (Å²) in [5.41, 5.74) is -1.64. The molecule has 0 fully saturated rings. The van der Waals surface area contributed by atoms with Crippen molar-refractivity contribution in [2.45, 2.75) is 18.1 Å². The number of ether oxygens (including phenoxy) is 1. The van der Waals surface area contributed by atoms with Crippen molar-refractivity contribution in [1.82, 2.24) is 5.32 Å². The number of hydrogen-bond acceptors (Lipinski definition) is 5. The average molecular weight is 278 g/mol. The van der Waals surface area contributed by atoms with Crippen LogP contribution in [-0.2, 0) is 16.0 Å². The summed E-state index contributed by atoms with van der Waals surface area (Å²) in [6.07, 6.45) is -3.23. The van der Waals surface area contributed by atoms with Crippen LogP contribution >= 0.6 is 0 Å². The first-order valence-corrected chi connectivity index (χ1v) is 5.67. The van der Waals surface area contributed by atoms with Gasteiger partial charge in [-0.3, -0.25) is 0 Å². The smallest absolute Gasteiger partial charge is 0.407 e. The van der Waals surface area contributed by atoms with Gasteiger partial charge in [-0.15, -0.1) is 0 Å². The molecule has 106 valence electrons. The molecular weight excluding hydrogens is 264 g/mol. The van der Waals surface area contributed by atoms with Crippen molar-refractivity contribution in [2.24, 2.45) is 0 Å². The number of aliphatic hydroxyl groups excluding tert-OH is 1. The van der Waals surface area contributed by atoms with Crippen LogP contribution in [0.5, 0.6) is 0 Å². The van der Waals surface area contributed by atoms with Crippen LogP contribution in [0.15, 0.2) is 30.3 Å². The lowest BCUT2D eigenvalue weighted by atomic mass is 9.86. The highest BCUT2D eigenvalue weighted by Gasteiger charge is 2.48. The molecule has 20 heavy (non-hydrogen) atoms. The molecule has 2 atom stereocenters. The molecule has 0 spiro atoms. The minimum Gasteiger partial charge on any atom is -0.479 e. The van der Waals surface area contributed by atoms with Crippen LogP contribution in [0.3, 0.4) is 0 Å². The van der Waals surface area contributed by atoms with Crippen molar-refractivity contribution in [3.8, 4) is 6.07 Å². The number of amides is 1. The quantitative estimate of drug-likeness (QED) is 0.666. The number of carboxylic acids is 1. The van der Waals surface area contributed by atoms with Crippen LogP contribution < -0.4 is 5.32 Å². The van der Waals surface area contributed by atoms with Gasteiger partial charge in [0.05, 0.1) is 13.2 Å². The molecule has 0 aliphatic heterocycles. The second-order valence-electron chi connectivity index (χ2n) is 4.09. The summed E-state index contributed by atoms with van der Waals surface area (Å²) >= 11 is 0. The monoisotopic (exact) mass is 278 g/mol. The van der Waals surface area contributed by atoms with Crippen molar-refractivity contribution in [3.05, 3.63) is 35.9 Å². The van der Waals surface area contributed by atoms with Gasteiger partial charge in [-0.2, -0.15) is 5.26 Å². The summed E-state index contributed by atoms with van der Waals surface area (Å²) in [4.78, 5) is 22.8. The molecule has 0 saturated heterocycles. The van der Waals surface area contributed by atoms with Gasteiger partial charge in [0.25, 0.3) is 0 Å². The minimum atomic E-state index is -2.18. The Bertz CT molecular complexity index is 525. The summed E-state index contributed by atoms with van der Waals surface area (Å²) in [6, 6.07) is 9.79. The Morgan fingerprint density at radius 2 is 2.05 bits per heavy atom. The van der Waals surface area contributed by atoms with E-state index in [9.17, 15) is 19.8 Å². The molecule has 0 heterocycles. The van der Waals surface area contributed by atoms with Crippen LogP contribution in [0.4, 0.5) is 4.79 Å². The molecule has 3 N–H and O–H groups in total. The molecule has 0 aliphatic rings. The molecule has 1 aromatic rings. The third-order valence-corrected chi connectivity index (χ3v) is 2.81. The fourth-order valence-electron chi connectivity index (χ4n) is 1.72. The molecule has 1 aromatic carbocycles. The lowest BCUT2D eigenvalue weighted by Gasteiger charge is -2.31. The topological polar surface area (TPSA) is 120 Å². The van der Waals surface area contributed by atoms with E-state index in [1.165, 1.54) is 6.07 Å². The predicted molar refractivity (Wildman–Crippen MR) is 67.7 cm³/mol. The van der Waals surface area contributed by atoms with E-state index in [0.717, 1.165) is 7.11 Å². The van der Waals surface area contributed by atoms with Gasteiger partial charge in [-0.05, 0) is 5.56 Å². The van der Waals surface area contributed by atoms with Gasteiger partial charge < -0.3 is 20.3 Å². The first-order valence-electron chi connectivity index (χ1n) is 5.67. The van der Waals surface area contributed by atoms with Gasteiger partial charge in [0.15, 0.2) is 11.6 Å². The number of carbonyl (C=O) groups excluding carboxylic acids is 1. The van der Waals surface area contributed by atoms with E-state index in [1.54, 1.807) is 30.3 Å². The van der Waals surface area contributed by atoms with E-state index in [0.29, 0.717) is 5.56 Å². The third-order valence-electron chi connectivity index (χ3n) is 2.81. The van der Waals surface area contributed by atoms with Crippen molar-refractivity contribution in [1.29, 1.82) is 5.26 Å². The second kappa shape index (κ2) is 6.54. The number of alkyl carbamates (subject to hydrolysis) is 1. The van der Waals surface area contributed by atoms with Crippen LogP contribution in [0.1, 0.15) is 5.56 Å². The molecule has 0 aromatic heterocycles. The van der Waals surface area contributed by atoms with Gasteiger partial charge in [0, 0.05) is 6.42 Å². The number of nitrogens with zero attached hydrogens (tertiary/aromatic N) is 1. The Hall–Kier alpha value is -2.59. The van der Waals surface area contributed by atoms with E-state index in [1.807, 2.05) is 5.32 Å². The van der Waals surface area contributed by atoms with Gasteiger partial charge in [-0.25, -0.2) is 9.59 Å². The number of carbonyl (C=O) groups is 2. The van der Waals surface area contributed by atoms with E-state index in [-0.39, 0.29) is 6.42 Å². The molecular formula is C13H14N2O5. The van der Waals surface area contributed by atoms with Gasteiger partial charge >= 0.3 is 12.1 Å². The maximum Gasteiger partial charge on any atom is 0.407 e. The van der Waals surface area contributed by atoms with Crippen LogP contribution in [0, 0.1) is 11.3 Å². The highest BCUT2D eigenvalue weighted by Crippen LogP contribution is 2.19. The minimum absolute atomic E-state index is 0.257. The lowest BCUT2D eigenvalue weighted by Crippen LogP contribution is -2.63. The Labute approximate surface area is 115 Å². The van der Waals surface area contributed by atoms with E-state index in [4.69, 9.17) is 5.26 Å². The molecule has 1 amide bonds. The summed E-state index contributed by atoms with van der Waals surface area (Å²) in [5.74, 6) is -1.53.